The molecule has 0 aromatic heterocycles. The van der Waals surface area contributed by atoms with Crippen LogP contribution in [0.5, 0.6) is 5.75 Å². The van der Waals surface area contributed by atoms with E-state index in [9.17, 15) is 10.1 Å². The van der Waals surface area contributed by atoms with Crippen LogP contribution in [0.2, 0.25) is 10.0 Å². The molecule has 51 heavy (non-hydrogen) atoms. The molecule has 2 atom stereocenters. The van der Waals surface area contributed by atoms with Gasteiger partial charge >= 0.3 is 6.03 Å². The monoisotopic (exact) mass is 728 g/mol. The van der Waals surface area contributed by atoms with E-state index in [-0.39, 0.29) is 11.9 Å². The highest BCUT2D eigenvalue weighted by atomic mass is 35.5. The number of amidine groups is 1. The lowest BCUT2D eigenvalue weighted by atomic mass is 9.71. The summed E-state index contributed by atoms with van der Waals surface area (Å²) in [5, 5.41) is 11.1. The standard InChI is InChI=1S/C40H46Cl2N6O3/c1-6-51-34-25-30(38(2,3)27-43)13-18-33(34)36-44-39(4,28-9-14-31(41)15-10-28)40(5,29-11-16-32(42)17-12-29)48(36)37(50)47-23-21-45(22-24-47)26-35(49)46-19-7-8-20-46/h9-18,25H,6-8,19-24,26H2,1-5H3/t39-,40+/m0/s1. The van der Waals surface area contributed by atoms with Gasteiger partial charge in [0.25, 0.3) is 0 Å². The van der Waals surface area contributed by atoms with Crippen LogP contribution < -0.4 is 4.74 Å². The number of amides is 3. The lowest BCUT2D eigenvalue weighted by molar-refractivity contribution is -0.131. The summed E-state index contributed by atoms with van der Waals surface area (Å²) < 4.78 is 6.26. The van der Waals surface area contributed by atoms with Gasteiger partial charge < -0.3 is 14.5 Å². The van der Waals surface area contributed by atoms with Gasteiger partial charge in [-0.05, 0) is 101 Å². The third kappa shape index (κ3) is 6.82. The molecule has 3 amide bonds. The Hall–Kier alpha value is -4.10. The summed E-state index contributed by atoms with van der Waals surface area (Å²) >= 11 is 12.8. The number of carbonyl (C=O) groups excluding carboxylic acids is 2. The first-order chi connectivity index (χ1) is 24.3. The minimum Gasteiger partial charge on any atom is -0.493 e. The summed E-state index contributed by atoms with van der Waals surface area (Å²) in [7, 11) is 0. The van der Waals surface area contributed by atoms with Crippen molar-refractivity contribution in [2.45, 2.75) is 64.0 Å². The number of halogens is 2. The molecule has 0 radical (unpaired) electrons. The summed E-state index contributed by atoms with van der Waals surface area (Å²) in [5.74, 6) is 1.16. The van der Waals surface area contributed by atoms with E-state index in [4.69, 9.17) is 32.9 Å². The predicted molar refractivity (Wildman–Crippen MR) is 201 cm³/mol. The largest absolute Gasteiger partial charge is 0.493 e. The Morgan fingerprint density at radius 1 is 0.863 bits per heavy atom. The molecule has 0 aliphatic carbocycles. The minimum atomic E-state index is -1.05. The fourth-order valence-corrected chi connectivity index (χ4v) is 7.75. The van der Waals surface area contributed by atoms with Crippen LogP contribution in [0.25, 0.3) is 0 Å². The van der Waals surface area contributed by atoms with Crippen LogP contribution in [0.1, 0.15) is 69.7 Å². The van der Waals surface area contributed by atoms with Gasteiger partial charge in [0.15, 0.2) is 0 Å². The maximum absolute atomic E-state index is 15.2. The molecule has 0 spiro atoms. The van der Waals surface area contributed by atoms with Crippen molar-refractivity contribution in [3.8, 4) is 11.8 Å². The molecule has 3 aromatic carbocycles. The van der Waals surface area contributed by atoms with Crippen LogP contribution in [0, 0.1) is 11.3 Å². The zero-order valence-corrected chi connectivity index (χ0v) is 31.6. The first-order valence-corrected chi connectivity index (χ1v) is 18.5. The van der Waals surface area contributed by atoms with E-state index >= 15 is 4.79 Å². The molecule has 3 heterocycles. The predicted octanol–water partition coefficient (Wildman–Crippen LogP) is 7.45. The maximum atomic E-state index is 15.2. The molecule has 3 aliphatic rings. The van der Waals surface area contributed by atoms with Crippen LogP contribution in [0.15, 0.2) is 71.7 Å². The minimum absolute atomic E-state index is 0.154. The summed E-state index contributed by atoms with van der Waals surface area (Å²) in [6.07, 6.45) is 2.11. The van der Waals surface area contributed by atoms with Gasteiger partial charge in [0.05, 0.1) is 30.2 Å². The van der Waals surface area contributed by atoms with E-state index in [1.165, 1.54) is 0 Å². The molecule has 0 bridgehead atoms. The van der Waals surface area contributed by atoms with Crippen molar-refractivity contribution in [1.29, 1.82) is 5.26 Å². The summed E-state index contributed by atoms with van der Waals surface area (Å²) in [4.78, 5) is 41.5. The van der Waals surface area contributed by atoms with Gasteiger partial charge in [-0.3, -0.25) is 19.6 Å². The first-order valence-electron chi connectivity index (χ1n) is 17.7. The number of piperazine rings is 1. The quantitative estimate of drug-likeness (QED) is 0.240. The highest BCUT2D eigenvalue weighted by Crippen LogP contribution is 2.54. The summed E-state index contributed by atoms with van der Waals surface area (Å²) in [6, 6.07) is 23.1. The Labute approximate surface area is 311 Å². The summed E-state index contributed by atoms with van der Waals surface area (Å²) in [5.41, 5.74) is 0.380. The average molecular weight is 730 g/mol. The zero-order chi connectivity index (χ0) is 36.6. The van der Waals surface area contributed by atoms with Crippen molar-refractivity contribution in [3.05, 3.63) is 99.0 Å². The molecular weight excluding hydrogens is 683 g/mol. The topological polar surface area (TPSA) is 92.5 Å². The van der Waals surface area contributed by atoms with Crippen LogP contribution >= 0.6 is 23.2 Å². The second kappa shape index (κ2) is 14.5. The number of likely N-dealkylation sites (tertiary alicyclic amines) is 1. The van der Waals surface area contributed by atoms with Gasteiger partial charge in [-0.15, -0.1) is 0 Å². The molecule has 9 nitrogen and oxygen atoms in total. The average Bonchev–Trinajstić information content (AvgIpc) is 3.75. The van der Waals surface area contributed by atoms with E-state index in [1.54, 1.807) is 0 Å². The van der Waals surface area contributed by atoms with Crippen molar-refractivity contribution in [2.24, 2.45) is 4.99 Å². The molecule has 2 saturated heterocycles. The van der Waals surface area contributed by atoms with E-state index < -0.39 is 16.5 Å². The van der Waals surface area contributed by atoms with Crippen LogP contribution in [0.3, 0.4) is 0 Å². The van der Waals surface area contributed by atoms with E-state index in [0.29, 0.717) is 66.5 Å². The second-order valence-corrected chi connectivity index (χ2v) is 15.3. The highest BCUT2D eigenvalue weighted by molar-refractivity contribution is 6.30. The zero-order valence-electron chi connectivity index (χ0n) is 30.1. The number of hydrogen-bond acceptors (Lipinski definition) is 6. The molecule has 0 N–H and O–H groups in total. The number of ether oxygens (including phenoxy) is 1. The van der Waals surface area contributed by atoms with Gasteiger partial charge in [-0.1, -0.05) is 53.5 Å². The lowest BCUT2D eigenvalue weighted by Crippen LogP contribution is -2.61. The molecule has 0 unspecified atom stereocenters. The van der Waals surface area contributed by atoms with E-state index in [1.807, 2.05) is 109 Å². The van der Waals surface area contributed by atoms with E-state index in [0.717, 1.165) is 42.6 Å². The third-order valence-electron chi connectivity index (χ3n) is 10.9. The number of carbonyl (C=O) groups is 2. The van der Waals surface area contributed by atoms with Crippen molar-refractivity contribution < 1.29 is 14.3 Å². The van der Waals surface area contributed by atoms with Crippen LogP contribution in [-0.2, 0) is 21.3 Å². The number of nitriles is 1. The fourth-order valence-electron chi connectivity index (χ4n) is 7.50. The smallest absolute Gasteiger partial charge is 0.326 e. The number of aliphatic imine (C=N–C) groups is 1. The van der Waals surface area contributed by atoms with E-state index in [2.05, 4.69) is 17.9 Å². The van der Waals surface area contributed by atoms with Gasteiger partial charge in [0, 0.05) is 49.3 Å². The molecule has 2 fully saturated rings. The highest BCUT2D eigenvalue weighted by Gasteiger charge is 2.60. The van der Waals surface area contributed by atoms with Gasteiger partial charge in [-0.25, -0.2) is 4.79 Å². The number of urea groups is 1. The second-order valence-electron chi connectivity index (χ2n) is 14.4. The van der Waals surface area contributed by atoms with Gasteiger partial charge in [-0.2, -0.15) is 5.26 Å². The summed E-state index contributed by atoms with van der Waals surface area (Å²) in [6.45, 7) is 14.2. The third-order valence-corrected chi connectivity index (χ3v) is 11.4. The molecule has 6 rings (SSSR count). The molecule has 0 saturated carbocycles. The number of nitrogens with zero attached hydrogens (tertiary/aromatic N) is 6. The Kier molecular flexibility index (Phi) is 10.4. The Morgan fingerprint density at radius 2 is 1.45 bits per heavy atom. The lowest BCUT2D eigenvalue weighted by Gasteiger charge is -2.47. The number of benzene rings is 3. The molecular formula is C40H46Cl2N6O3. The van der Waals surface area contributed by atoms with Gasteiger partial charge in [0.2, 0.25) is 5.91 Å². The van der Waals surface area contributed by atoms with Crippen molar-refractivity contribution in [2.75, 3.05) is 52.4 Å². The van der Waals surface area contributed by atoms with Crippen LogP contribution in [0.4, 0.5) is 4.79 Å². The molecule has 11 heteroatoms. The van der Waals surface area contributed by atoms with Crippen LogP contribution in [-0.4, -0.2) is 89.8 Å². The van der Waals surface area contributed by atoms with Gasteiger partial charge in [0.1, 0.15) is 22.7 Å². The number of hydrogen-bond donors (Lipinski definition) is 0. The Bertz CT molecular complexity index is 1840. The first kappa shape index (κ1) is 36.7. The molecule has 3 aromatic rings. The Morgan fingerprint density at radius 3 is 2.02 bits per heavy atom. The van der Waals surface area contributed by atoms with Crippen molar-refractivity contribution in [1.82, 2.24) is 19.6 Å². The molecule has 268 valence electrons. The fraction of sp³-hybridized carbons (Fsp3) is 0.450. The van der Waals surface area contributed by atoms with Crippen molar-refractivity contribution >= 4 is 41.0 Å². The Balaban J connectivity index is 1.46. The number of rotatable bonds is 8. The normalized spacial score (nSPS) is 22.5. The maximum Gasteiger partial charge on any atom is 0.326 e. The molecule has 3 aliphatic heterocycles. The van der Waals surface area contributed by atoms with Crippen molar-refractivity contribution in [3.63, 3.8) is 0 Å². The SMILES string of the molecule is CCOc1cc(C(C)(C)C#N)ccc1C1=N[C@@](C)(c2ccc(Cl)cc2)[C@@](C)(c2ccc(Cl)cc2)N1C(=O)N1CCN(CC(=O)N2CCCC2)CC1.